The minimum absolute atomic E-state index is 0.0621. The molecular formula is C26H21FN2O5S. The van der Waals surface area contributed by atoms with Crippen LogP contribution in [0.25, 0.3) is 11.0 Å². The summed E-state index contributed by atoms with van der Waals surface area (Å²) < 4.78 is 48.6. The maximum absolute atomic E-state index is 14.7. The fourth-order valence-electron chi connectivity index (χ4n) is 3.83. The summed E-state index contributed by atoms with van der Waals surface area (Å²) in [5.74, 6) is -2.17. The molecule has 0 unspecified atom stereocenters. The van der Waals surface area contributed by atoms with Crippen LogP contribution in [0.2, 0.25) is 0 Å². The Kier molecular flexibility index (Phi) is 6.69. The lowest BCUT2D eigenvalue weighted by molar-refractivity contribution is 0.0664. The Morgan fingerprint density at radius 1 is 1.11 bits per heavy atom. The van der Waals surface area contributed by atoms with E-state index in [1.807, 2.05) is 36.4 Å². The van der Waals surface area contributed by atoms with Gasteiger partial charge in [0.2, 0.25) is 15.8 Å². The van der Waals surface area contributed by atoms with Crippen molar-refractivity contribution in [3.05, 3.63) is 101 Å². The van der Waals surface area contributed by atoms with Gasteiger partial charge in [0.25, 0.3) is 0 Å². The van der Waals surface area contributed by atoms with Crippen LogP contribution in [-0.4, -0.2) is 30.3 Å². The molecule has 4 aromatic rings. The number of hydrogen-bond acceptors (Lipinski definition) is 5. The zero-order valence-corrected chi connectivity index (χ0v) is 19.5. The molecule has 0 atom stereocenters. The highest BCUT2D eigenvalue weighted by molar-refractivity contribution is 7.89. The monoisotopic (exact) mass is 492 g/mol. The van der Waals surface area contributed by atoms with E-state index in [1.165, 1.54) is 34.6 Å². The predicted octanol–water partition coefficient (Wildman–Crippen LogP) is 4.88. The second-order valence-corrected chi connectivity index (χ2v) is 9.95. The molecule has 0 radical (unpaired) electrons. The van der Waals surface area contributed by atoms with Crippen molar-refractivity contribution in [1.82, 2.24) is 4.31 Å². The molecule has 0 amide bonds. The molecule has 0 saturated carbocycles. The first kappa shape index (κ1) is 24.1. The van der Waals surface area contributed by atoms with Crippen molar-refractivity contribution in [2.45, 2.75) is 24.8 Å². The lowest BCUT2D eigenvalue weighted by Gasteiger charge is -2.23. The number of furan rings is 1. The molecular weight excluding hydrogens is 471 g/mol. The molecule has 3 aromatic carbocycles. The SMILES string of the molecule is Cc1c(C(=O)O)oc2ccc(S(=O)(=O)N(CCc3ccccc3)Cc3ccc(C#N)cc3F)cc12. The minimum atomic E-state index is -4.11. The maximum atomic E-state index is 14.7. The Hall–Kier alpha value is -4.00. The van der Waals surface area contributed by atoms with Crippen molar-refractivity contribution < 1.29 is 27.1 Å². The zero-order chi connectivity index (χ0) is 25.2. The molecule has 1 aromatic heterocycles. The molecule has 7 nitrogen and oxygen atoms in total. The van der Waals surface area contributed by atoms with Gasteiger partial charge in [-0.3, -0.25) is 0 Å². The van der Waals surface area contributed by atoms with Gasteiger partial charge in [0, 0.05) is 29.6 Å². The Balaban J connectivity index is 1.74. The van der Waals surface area contributed by atoms with Crippen molar-refractivity contribution in [3.8, 4) is 6.07 Å². The van der Waals surface area contributed by atoms with Crippen LogP contribution in [0.4, 0.5) is 4.39 Å². The highest BCUT2D eigenvalue weighted by Crippen LogP contribution is 2.30. The number of nitriles is 1. The summed E-state index contributed by atoms with van der Waals surface area (Å²) in [5, 5.41) is 18.7. The van der Waals surface area contributed by atoms with Crippen molar-refractivity contribution in [2.24, 2.45) is 0 Å². The molecule has 0 aliphatic heterocycles. The van der Waals surface area contributed by atoms with Crippen LogP contribution < -0.4 is 0 Å². The van der Waals surface area contributed by atoms with Crippen LogP contribution in [-0.2, 0) is 23.0 Å². The van der Waals surface area contributed by atoms with E-state index < -0.39 is 21.8 Å². The third-order valence-corrected chi connectivity index (χ3v) is 7.60. The Morgan fingerprint density at radius 3 is 2.51 bits per heavy atom. The molecule has 1 heterocycles. The molecule has 35 heavy (non-hydrogen) atoms. The van der Waals surface area contributed by atoms with Gasteiger partial charge in [0.15, 0.2) is 0 Å². The predicted molar refractivity (Wildman–Crippen MR) is 127 cm³/mol. The summed E-state index contributed by atoms with van der Waals surface area (Å²) in [7, 11) is -4.11. The standard InChI is InChI=1S/C26H21FN2O5S/c1-17-22-14-21(9-10-24(22)34-25(17)26(30)31)35(32,33)29(12-11-18-5-3-2-4-6-18)16-20-8-7-19(15-28)13-23(20)27/h2-10,13-14H,11-12,16H2,1H3,(H,30,31). The number of benzene rings is 3. The number of carboxylic acids is 1. The minimum Gasteiger partial charge on any atom is -0.475 e. The number of halogens is 1. The fourth-order valence-corrected chi connectivity index (χ4v) is 5.28. The molecule has 0 aliphatic rings. The number of carboxylic acid groups (broad SMARTS) is 1. The summed E-state index contributed by atoms with van der Waals surface area (Å²) in [5.41, 5.74) is 1.76. The smallest absolute Gasteiger partial charge is 0.372 e. The second kappa shape index (κ2) is 9.70. The fraction of sp³-hybridized carbons (Fsp3) is 0.154. The van der Waals surface area contributed by atoms with E-state index >= 15 is 0 Å². The van der Waals surface area contributed by atoms with E-state index in [4.69, 9.17) is 9.68 Å². The summed E-state index contributed by atoms with van der Waals surface area (Å²) in [6.45, 7) is 1.38. The summed E-state index contributed by atoms with van der Waals surface area (Å²) in [6, 6.07) is 19.2. The third kappa shape index (κ3) is 4.94. The topological polar surface area (TPSA) is 112 Å². The van der Waals surface area contributed by atoms with Crippen LogP contribution in [0.15, 0.2) is 76.0 Å². The average Bonchev–Trinajstić information content (AvgIpc) is 3.19. The average molecular weight is 493 g/mol. The van der Waals surface area contributed by atoms with Gasteiger partial charge in [0.1, 0.15) is 11.4 Å². The van der Waals surface area contributed by atoms with Crippen molar-refractivity contribution in [3.63, 3.8) is 0 Å². The maximum Gasteiger partial charge on any atom is 0.372 e. The summed E-state index contributed by atoms with van der Waals surface area (Å²) in [4.78, 5) is 11.3. The van der Waals surface area contributed by atoms with E-state index in [2.05, 4.69) is 0 Å². The van der Waals surface area contributed by atoms with Gasteiger partial charge in [-0.25, -0.2) is 17.6 Å². The molecule has 0 bridgehead atoms. The van der Waals surface area contributed by atoms with E-state index in [0.29, 0.717) is 17.4 Å². The Morgan fingerprint density at radius 2 is 1.86 bits per heavy atom. The van der Waals surface area contributed by atoms with Gasteiger partial charge in [-0.1, -0.05) is 36.4 Å². The van der Waals surface area contributed by atoms with Crippen LogP contribution in [0, 0.1) is 24.1 Å². The lowest BCUT2D eigenvalue weighted by atomic mass is 10.1. The van der Waals surface area contributed by atoms with Gasteiger partial charge in [-0.15, -0.1) is 0 Å². The van der Waals surface area contributed by atoms with E-state index in [9.17, 15) is 22.7 Å². The van der Waals surface area contributed by atoms with Crippen molar-refractivity contribution in [2.75, 3.05) is 6.54 Å². The van der Waals surface area contributed by atoms with Gasteiger partial charge < -0.3 is 9.52 Å². The van der Waals surface area contributed by atoms with Gasteiger partial charge in [0.05, 0.1) is 16.5 Å². The van der Waals surface area contributed by atoms with Gasteiger partial charge >= 0.3 is 5.97 Å². The summed E-state index contributed by atoms with van der Waals surface area (Å²) in [6.07, 6.45) is 0.397. The number of nitrogens with zero attached hydrogens (tertiary/aromatic N) is 2. The van der Waals surface area contributed by atoms with Gasteiger partial charge in [-0.05, 0) is 49.2 Å². The highest BCUT2D eigenvalue weighted by Gasteiger charge is 2.27. The van der Waals surface area contributed by atoms with Crippen LogP contribution in [0.1, 0.15) is 32.8 Å². The number of aromatic carboxylic acids is 1. The van der Waals surface area contributed by atoms with Crippen LogP contribution >= 0.6 is 0 Å². The molecule has 0 aliphatic carbocycles. The molecule has 178 valence electrons. The molecule has 0 spiro atoms. The quantitative estimate of drug-likeness (QED) is 0.375. The number of carbonyl (C=O) groups is 1. The van der Waals surface area contributed by atoms with E-state index in [0.717, 1.165) is 11.6 Å². The van der Waals surface area contributed by atoms with Gasteiger partial charge in [-0.2, -0.15) is 9.57 Å². The van der Waals surface area contributed by atoms with Crippen molar-refractivity contribution in [1.29, 1.82) is 5.26 Å². The molecule has 4 rings (SSSR count). The first-order valence-electron chi connectivity index (χ1n) is 10.7. The highest BCUT2D eigenvalue weighted by atomic mass is 32.2. The van der Waals surface area contributed by atoms with E-state index in [1.54, 1.807) is 6.92 Å². The Labute approximate surface area is 201 Å². The molecule has 1 N–H and O–H groups in total. The lowest BCUT2D eigenvalue weighted by Crippen LogP contribution is -2.33. The van der Waals surface area contributed by atoms with Crippen LogP contribution in [0.5, 0.6) is 0 Å². The summed E-state index contributed by atoms with van der Waals surface area (Å²) >= 11 is 0. The number of hydrogen-bond donors (Lipinski definition) is 1. The van der Waals surface area contributed by atoms with Crippen LogP contribution in [0.3, 0.4) is 0 Å². The molecule has 0 saturated heterocycles. The Bertz CT molecular complexity index is 1560. The number of aryl methyl sites for hydroxylation is 1. The third-order valence-electron chi connectivity index (χ3n) is 5.76. The number of fused-ring (bicyclic) bond motifs is 1. The van der Waals surface area contributed by atoms with Crippen molar-refractivity contribution >= 4 is 27.0 Å². The molecule has 9 heteroatoms. The zero-order valence-electron chi connectivity index (χ0n) is 18.7. The first-order chi connectivity index (χ1) is 16.7. The normalized spacial score (nSPS) is 11.6. The largest absolute Gasteiger partial charge is 0.475 e. The second-order valence-electron chi connectivity index (χ2n) is 8.01. The first-order valence-corrected chi connectivity index (χ1v) is 12.1. The number of sulfonamides is 1. The molecule has 0 fully saturated rings. The number of rotatable bonds is 8. The van der Waals surface area contributed by atoms with E-state index in [-0.39, 0.29) is 40.5 Å².